The lowest BCUT2D eigenvalue weighted by Crippen LogP contribution is -2.15. The predicted molar refractivity (Wildman–Crippen MR) is 93.2 cm³/mol. The summed E-state index contributed by atoms with van der Waals surface area (Å²) in [7, 11) is 0. The molecule has 0 bridgehead atoms. The average Bonchev–Trinajstić information content (AvgIpc) is 2.60. The van der Waals surface area contributed by atoms with Crippen LogP contribution < -0.4 is 10.9 Å². The fraction of sp³-hybridized carbons (Fsp3) is 0.118. The first kappa shape index (κ1) is 18.0. The van der Waals surface area contributed by atoms with Crippen LogP contribution in [0.25, 0.3) is 10.9 Å². The van der Waals surface area contributed by atoms with E-state index in [1.807, 2.05) is 0 Å². The molecule has 0 saturated carbocycles. The number of fused-ring (bicyclic) bond motifs is 1. The van der Waals surface area contributed by atoms with E-state index in [1.54, 1.807) is 24.3 Å². The second kappa shape index (κ2) is 7.20. The van der Waals surface area contributed by atoms with Crippen molar-refractivity contribution in [2.24, 2.45) is 0 Å². The van der Waals surface area contributed by atoms with E-state index in [0.29, 0.717) is 10.9 Å². The minimum atomic E-state index is -4.42. The largest absolute Gasteiger partial charge is 0.416 e. The highest BCUT2D eigenvalue weighted by molar-refractivity contribution is 7.99. The van der Waals surface area contributed by atoms with Crippen molar-refractivity contribution in [3.05, 3.63) is 64.4 Å². The SMILES string of the molecule is O=C(CSc1nc2ccccc2c(=O)[nH]1)Nc1ccc(C(F)(F)F)cc1. The number of aromatic amines is 1. The Morgan fingerprint density at radius 3 is 2.50 bits per heavy atom. The first-order valence-corrected chi connectivity index (χ1v) is 8.40. The number of carbonyl (C=O) groups excluding carboxylic acids is 1. The highest BCUT2D eigenvalue weighted by atomic mass is 32.2. The van der Waals surface area contributed by atoms with Gasteiger partial charge in [-0.3, -0.25) is 9.59 Å². The molecule has 0 radical (unpaired) electrons. The van der Waals surface area contributed by atoms with Gasteiger partial charge in [-0.15, -0.1) is 0 Å². The van der Waals surface area contributed by atoms with Crippen LogP contribution in [0.5, 0.6) is 0 Å². The summed E-state index contributed by atoms with van der Waals surface area (Å²) in [5.41, 5.74) is -0.325. The topological polar surface area (TPSA) is 74.8 Å². The van der Waals surface area contributed by atoms with Gasteiger partial charge in [0.1, 0.15) is 0 Å². The lowest BCUT2D eigenvalue weighted by atomic mass is 10.2. The molecule has 1 amide bonds. The van der Waals surface area contributed by atoms with Crippen molar-refractivity contribution < 1.29 is 18.0 Å². The van der Waals surface area contributed by atoms with Gasteiger partial charge in [-0.05, 0) is 36.4 Å². The van der Waals surface area contributed by atoms with Gasteiger partial charge in [0.15, 0.2) is 5.16 Å². The summed E-state index contributed by atoms with van der Waals surface area (Å²) in [6.45, 7) is 0. The summed E-state index contributed by atoms with van der Waals surface area (Å²) in [4.78, 5) is 30.7. The van der Waals surface area contributed by atoms with Crippen molar-refractivity contribution in [3.8, 4) is 0 Å². The van der Waals surface area contributed by atoms with Crippen LogP contribution in [-0.4, -0.2) is 21.6 Å². The van der Waals surface area contributed by atoms with Crippen LogP contribution in [0.4, 0.5) is 18.9 Å². The third-order valence-corrected chi connectivity index (χ3v) is 4.30. The number of amides is 1. The van der Waals surface area contributed by atoms with Gasteiger partial charge in [-0.1, -0.05) is 23.9 Å². The number of alkyl halides is 3. The number of carbonyl (C=O) groups is 1. The van der Waals surface area contributed by atoms with Crippen LogP contribution in [0, 0.1) is 0 Å². The third-order valence-electron chi connectivity index (χ3n) is 3.43. The van der Waals surface area contributed by atoms with Gasteiger partial charge < -0.3 is 10.3 Å². The molecule has 3 rings (SSSR count). The number of rotatable bonds is 4. The molecule has 1 aromatic heterocycles. The summed E-state index contributed by atoms with van der Waals surface area (Å²) in [6, 6.07) is 11.0. The number of nitrogens with one attached hydrogen (secondary N) is 2. The normalized spacial score (nSPS) is 11.5. The molecule has 0 saturated heterocycles. The number of benzene rings is 2. The van der Waals surface area contributed by atoms with E-state index in [0.717, 1.165) is 23.9 Å². The first-order chi connectivity index (χ1) is 12.3. The number of hydrogen-bond acceptors (Lipinski definition) is 4. The Labute approximate surface area is 149 Å². The Hall–Kier alpha value is -2.81. The van der Waals surface area contributed by atoms with Crippen molar-refractivity contribution in [2.75, 3.05) is 11.1 Å². The molecule has 1 heterocycles. The molecule has 2 aromatic carbocycles. The maximum Gasteiger partial charge on any atom is 0.416 e. The molecule has 0 aliphatic heterocycles. The molecule has 5 nitrogen and oxygen atoms in total. The smallest absolute Gasteiger partial charge is 0.325 e. The number of H-pyrrole nitrogens is 1. The monoisotopic (exact) mass is 379 g/mol. The summed E-state index contributed by atoms with van der Waals surface area (Å²) < 4.78 is 37.5. The van der Waals surface area contributed by atoms with Crippen LogP contribution in [-0.2, 0) is 11.0 Å². The van der Waals surface area contributed by atoms with Crippen molar-refractivity contribution in [1.29, 1.82) is 0 Å². The van der Waals surface area contributed by atoms with Gasteiger partial charge in [0.2, 0.25) is 5.91 Å². The second-order valence-electron chi connectivity index (χ2n) is 5.30. The molecule has 0 aliphatic rings. The molecule has 0 atom stereocenters. The van der Waals surface area contributed by atoms with Crippen LogP contribution in [0.1, 0.15) is 5.56 Å². The van der Waals surface area contributed by atoms with E-state index in [1.165, 1.54) is 12.1 Å². The van der Waals surface area contributed by atoms with Crippen molar-refractivity contribution in [3.63, 3.8) is 0 Å². The maximum absolute atomic E-state index is 12.5. The quantitative estimate of drug-likeness (QED) is 0.536. The average molecular weight is 379 g/mol. The van der Waals surface area contributed by atoms with Gasteiger partial charge in [0, 0.05) is 5.69 Å². The van der Waals surface area contributed by atoms with E-state index in [-0.39, 0.29) is 22.2 Å². The molecular weight excluding hydrogens is 367 g/mol. The zero-order valence-electron chi connectivity index (χ0n) is 13.1. The Morgan fingerprint density at radius 1 is 1.12 bits per heavy atom. The summed E-state index contributed by atoms with van der Waals surface area (Å²) in [6.07, 6.45) is -4.42. The van der Waals surface area contributed by atoms with Crippen LogP contribution in [0.3, 0.4) is 0 Å². The fourth-order valence-corrected chi connectivity index (χ4v) is 2.87. The molecule has 0 fully saturated rings. The molecule has 26 heavy (non-hydrogen) atoms. The van der Waals surface area contributed by atoms with Gasteiger partial charge >= 0.3 is 6.18 Å². The minimum Gasteiger partial charge on any atom is -0.325 e. The van der Waals surface area contributed by atoms with E-state index in [9.17, 15) is 22.8 Å². The highest BCUT2D eigenvalue weighted by Crippen LogP contribution is 2.29. The molecular formula is C17H12F3N3O2S. The summed E-state index contributed by atoms with van der Waals surface area (Å²) in [5.74, 6) is -0.479. The fourth-order valence-electron chi connectivity index (χ4n) is 2.21. The Balaban J connectivity index is 1.63. The Morgan fingerprint density at radius 2 is 1.81 bits per heavy atom. The van der Waals surface area contributed by atoms with Gasteiger partial charge in [-0.2, -0.15) is 13.2 Å². The number of halogens is 3. The van der Waals surface area contributed by atoms with Crippen LogP contribution >= 0.6 is 11.8 Å². The van der Waals surface area contributed by atoms with Gasteiger partial charge in [0.25, 0.3) is 5.56 Å². The molecule has 0 spiro atoms. The Bertz CT molecular complexity index is 1000. The number of nitrogens with zero attached hydrogens (tertiary/aromatic N) is 1. The predicted octanol–water partition coefficient (Wildman–Crippen LogP) is 3.67. The summed E-state index contributed by atoms with van der Waals surface area (Å²) in [5, 5.41) is 3.23. The Kier molecular flexibility index (Phi) is 4.99. The third kappa shape index (κ3) is 4.23. The lowest BCUT2D eigenvalue weighted by Gasteiger charge is -2.08. The summed E-state index contributed by atoms with van der Waals surface area (Å²) >= 11 is 1.03. The molecule has 0 unspecified atom stereocenters. The second-order valence-corrected chi connectivity index (χ2v) is 6.26. The van der Waals surface area contributed by atoms with Crippen LogP contribution in [0.2, 0.25) is 0 Å². The van der Waals surface area contributed by atoms with E-state index in [4.69, 9.17) is 0 Å². The number of hydrogen-bond donors (Lipinski definition) is 2. The first-order valence-electron chi connectivity index (χ1n) is 7.42. The molecule has 0 aliphatic carbocycles. The van der Waals surface area contributed by atoms with Crippen LogP contribution in [0.15, 0.2) is 58.5 Å². The van der Waals surface area contributed by atoms with Crippen molar-refractivity contribution in [2.45, 2.75) is 11.3 Å². The number of aromatic nitrogens is 2. The molecule has 134 valence electrons. The molecule has 2 N–H and O–H groups in total. The lowest BCUT2D eigenvalue weighted by molar-refractivity contribution is -0.137. The van der Waals surface area contributed by atoms with Gasteiger partial charge in [0.05, 0.1) is 22.2 Å². The molecule has 3 aromatic rings. The minimum absolute atomic E-state index is 0.0533. The number of para-hydroxylation sites is 1. The zero-order valence-corrected chi connectivity index (χ0v) is 13.9. The van der Waals surface area contributed by atoms with Crippen molar-refractivity contribution >= 4 is 34.3 Å². The zero-order chi connectivity index (χ0) is 18.7. The van der Waals surface area contributed by atoms with E-state index in [2.05, 4.69) is 15.3 Å². The highest BCUT2D eigenvalue weighted by Gasteiger charge is 2.29. The standard InChI is InChI=1S/C17H12F3N3O2S/c18-17(19,20)10-5-7-11(8-6-10)21-14(24)9-26-16-22-13-4-2-1-3-12(13)15(25)23-16/h1-8H,9H2,(H,21,24)(H,22,23,25). The van der Waals surface area contributed by atoms with E-state index >= 15 is 0 Å². The number of anilines is 1. The van der Waals surface area contributed by atoms with Gasteiger partial charge in [-0.25, -0.2) is 4.98 Å². The number of thioether (sulfide) groups is 1. The molecule has 9 heteroatoms. The van der Waals surface area contributed by atoms with Crippen molar-refractivity contribution in [1.82, 2.24) is 9.97 Å². The maximum atomic E-state index is 12.5. The van der Waals surface area contributed by atoms with E-state index < -0.39 is 17.6 Å².